The molecule has 0 fully saturated rings. The Labute approximate surface area is 78.8 Å². The number of ketones is 1. The number of hydrogen-bond acceptors (Lipinski definition) is 2. The highest BCUT2D eigenvalue weighted by molar-refractivity contribution is 5.96. The second kappa shape index (κ2) is 3.60. The van der Waals surface area contributed by atoms with Gasteiger partial charge in [0.25, 0.3) is 0 Å². The van der Waals surface area contributed by atoms with Crippen LogP contribution in [-0.4, -0.2) is 5.78 Å². The molecule has 1 aromatic carbocycles. The molecule has 0 radical (unpaired) electrons. The second-order valence-corrected chi connectivity index (χ2v) is 3.30. The maximum Gasteiger partial charge on any atom is 0.162 e. The summed E-state index contributed by atoms with van der Waals surface area (Å²) in [7, 11) is 0. The van der Waals surface area contributed by atoms with Crippen molar-refractivity contribution in [2.75, 3.05) is 5.73 Å². The van der Waals surface area contributed by atoms with Crippen LogP contribution in [0.3, 0.4) is 0 Å². The third-order valence-corrected chi connectivity index (χ3v) is 2.24. The molecule has 0 aliphatic heterocycles. The normalized spacial score (nSPS) is 10.1. The van der Waals surface area contributed by atoms with E-state index in [1.54, 1.807) is 0 Å². The average Bonchev–Trinajstić information content (AvgIpc) is 2.12. The molecule has 0 saturated heterocycles. The van der Waals surface area contributed by atoms with Crippen molar-refractivity contribution in [1.82, 2.24) is 0 Å². The van der Waals surface area contributed by atoms with E-state index in [0.717, 1.165) is 22.4 Å². The van der Waals surface area contributed by atoms with Gasteiger partial charge in [0.15, 0.2) is 5.78 Å². The van der Waals surface area contributed by atoms with Gasteiger partial charge in [0, 0.05) is 17.7 Å². The zero-order valence-electron chi connectivity index (χ0n) is 8.35. The Bertz CT molecular complexity index is 319. The number of anilines is 1. The predicted octanol–water partition coefficient (Wildman–Crippen LogP) is 2.48. The van der Waals surface area contributed by atoms with Gasteiger partial charge in [-0.05, 0) is 37.1 Å². The van der Waals surface area contributed by atoms with Crippen LogP contribution in [0.1, 0.15) is 34.8 Å². The number of hydrogen-bond donors (Lipinski definition) is 1. The Kier molecular flexibility index (Phi) is 2.71. The summed E-state index contributed by atoms with van der Waals surface area (Å²) in [5.41, 5.74) is 9.30. The summed E-state index contributed by atoms with van der Waals surface area (Å²) in [6.07, 6.45) is 0.544. The van der Waals surface area contributed by atoms with Gasteiger partial charge >= 0.3 is 0 Å². The van der Waals surface area contributed by atoms with E-state index in [4.69, 9.17) is 5.73 Å². The van der Waals surface area contributed by atoms with E-state index < -0.39 is 0 Å². The molecule has 0 aromatic heterocycles. The van der Waals surface area contributed by atoms with Gasteiger partial charge in [0.05, 0.1) is 0 Å². The third kappa shape index (κ3) is 1.89. The van der Waals surface area contributed by atoms with Gasteiger partial charge in [-0.15, -0.1) is 0 Å². The molecule has 0 bridgehead atoms. The number of aryl methyl sites for hydroxylation is 2. The Morgan fingerprint density at radius 3 is 2.15 bits per heavy atom. The summed E-state index contributed by atoms with van der Waals surface area (Å²) in [5, 5.41) is 0. The molecule has 2 N–H and O–H groups in total. The van der Waals surface area contributed by atoms with Gasteiger partial charge in [-0.25, -0.2) is 0 Å². The second-order valence-electron chi connectivity index (χ2n) is 3.30. The molecule has 0 saturated carbocycles. The van der Waals surface area contributed by atoms with Crippen molar-refractivity contribution >= 4 is 11.5 Å². The van der Waals surface area contributed by atoms with E-state index in [1.165, 1.54) is 0 Å². The molecular weight excluding hydrogens is 162 g/mol. The van der Waals surface area contributed by atoms with Gasteiger partial charge in [0.1, 0.15) is 0 Å². The Balaban J connectivity index is 3.20. The van der Waals surface area contributed by atoms with Crippen LogP contribution in [0.4, 0.5) is 5.69 Å². The van der Waals surface area contributed by atoms with E-state index >= 15 is 0 Å². The molecule has 0 aliphatic carbocycles. The van der Waals surface area contributed by atoms with Gasteiger partial charge < -0.3 is 5.73 Å². The number of nitrogens with two attached hydrogens (primary N) is 1. The first kappa shape index (κ1) is 9.78. The molecule has 0 atom stereocenters. The standard InChI is InChI=1S/C11H15NO/c1-4-10(13)9-5-7(2)11(12)8(3)6-9/h5-6H,4,12H2,1-3H3. The maximum atomic E-state index is 11.4. The lowest BCUT2D eigenvalue weighted by atomic mass is 10.0. The highest BCUT2D eigenvalue weighted by Gasteiger charge is 2.06. The smallest absolute Gasteiger partial charge is 0.162 e. The summed E-state index contributed by atoms with van der Waals surface area (Å²) in [5.74, 6) is 0.172. The van der Waals surface area contributed by atoms with E-state index in [2.05, 4.69) is 0 Å². The minimum Gasteiger partial charge on any atom is -0.398 e. The molecule has 1 aromatic rings. The maximum absolute atomic E-state index is 11.4. The fourth-order valence-corrected chi connectivity index (χ4v) is 1.34. The Hall–Kier alpha value is -1.31. The Morgan fingerprint density at radius 2 is 1.77 bits per heavy atom. The van der Waals surface area contributed by atoms with E-state index in [1.807, 2.05) is 32.9 Å². The van der Waals surface area contributed by atoms with E-state index in [9.17, 15) is 4.79 Å². The van der Waals surface area contributed by atoms with Crippen LogP contribution in [0.25, 0.3) is 0 Å². The highest BCUT2D eigenvalue weighted by atomic mass is 16.1. The number of nitrogen functional groups attached to an aromatic ring is 1. The number of benzene rings is 1. The first-order valence-electron chi connectivity index (χ1n) is 4.46. The molecule has 2 nitrogen and oxygen atoms in total. The lowest BCUT2D eigenvalue weighted by Crippen LogP contribution is -2.01. The van der Waals surface area contributed by atoms with Crippen LogP contribution < -0.4 is 5.73 Å². The van der Waals surface area contributed by atoms with Crippen molar-refractivity contribution < 1.29 is 4.79 Å². The van der Waals surface area contributed by atoms with Gasteiger partial charge in [-0.2, -0.15) is 0 Å². The quantitative estimate of drug-likeness (QED) is 0.557. The zero-order valence-corrected chi connectivity index (χ0v) is 8.35. The average molecular weight is 177 g/mol. The van der Waals surface area contributed by atoms with Crippen LogP contribution in [-0.2, 0) is 0 Å². The lowest BCUT2D eigenvalue weighted by molar-refractivity contribution is 0.0988. The van der Waals surface area contributed by atoms with Crippen molar-refractivity contribution in [2.45, 2.75) is 27.2 Å². The summed E-state index contributed by atoms with van der Waals surface area (Å²) in [4.78, 5) is 11.4. The first-order valence-corrected chi connectivity index (χ1v) is 4.46. The minimum atomic E-state index is 0.172. The predicted molar refractivity (Wildman–Crippen MR) is 54.9 cm³/mol. The van der Waals surface area contributed by atoms with Crippen LogP contribution in [0, 0.1) is 13.8 Å². The number of Topliss-reactive ketones (excluding diaryl/α,β-unsaturated/α-hetero) is 1. The molecule has 2 heteroatoms. The molecule has 0 unspecified atom stereocenters. The Morgan fingerprint density at radius 1 is 1.31 bits per heavy atom. The number of rotatable bonds is 2. The number of carbonyl (C=O) groups is 1. The molecule has 0 aliphatic rings. The monoisotopic (exact) mass is 177 g/mol. The van der Waals surface area contributed by atoms with E-state index in [0.29, 0.717) is 6.42 Å². The van der Waals surface area contributed by atoms with Crippen LogP contribution in [0.2, 0.25) is 0 Å². The summed E-state index contributed by atoms with van der Waals surface area (Å²) < 4.78 is 0. The lowest BCUT2D eigenvalue weighted by Gasteiger charge is -2.06. The largest absolute Gasteiger partial charge is 0.398 e. The first-order chi connectivity index (χ1) is 6.06. The summed E-state index contributed by atoms with van der Waals surface area (Å²) in [6, 6.07) is 3.71. The van der Waals surface area contributed by atoms with Crippen molar-refractivity contribution in [3.63, 3.8) is 0 Å². The van der Waals surface area contributed by atoms with Gasteiger partial charge in [0.2, 0.25) is 0 Å². The van der Waals surface area contributed by atoms with Crippen LogP contribution in [0.5, 0.6) is 0 Å². The van der Waals surface area contributed by atoms with Gasteiger partial charge in [-0.3, -0.25) is 4.79 Å². The van der Waals surface area contributed by atoms with Crippen LogP contribution >= 0.6 is 0 Å². The zero-order chi connectivity index (χ0) is 10.0. The molecule has 13 heavy (non-hydrogen) atoms. The van der Waals surface area contributed by atoms with Gasteiger partial charge in [-0.1, -0.05) is 6.92 Å². The topological polar surface area (TPSA) is 43.1 Å². The molecule has 0 amide bonds. The fourth-order valence-electron chi connectivity index (χ4n) is 1.34. The molecule has 70 valence electrons. The van der Waals surface area contributed by atoms with E-state index in [-0.39, 0.29) is 5.78 Å². The minimum absolute atomic E-state index is 0.172. The SMILES string of the molecule is CCC(=O)c1cc(C)c(N)c(C)c1. The molecule has 0 spiro atoms. The summed E-state index contributed by atoms with van der Waals surface area (Å²) >= 11 is 0. The molecule has 1 rings (SSSR count). The third-order valence-electron chi connectivity index (χ3n) is 2.24. The molecular formula is C11H15NO. The highest BCUT2D eigenvalue weighted by Crippen LogP contribution is 2.19. The number of carbonyl (C=O) groups excluding carboxylic acids is 1. The summed E-state index contributed by atoms with van der Waals surface area (Å²) in [6.45, 7) is 5.72. The van der Waals surface area contributed by atoms with Crippen LogP contribution in [0.15, 0.2) is 12.1 Å². The fraction of sp³-hybridized carbons (Fsp3) is 0.364. The van der Waals surface area contributed by atoms with Crippen molar-refractivity contribution in [1.29, 1.82) is 0 Å². The van der Waals surface area contributed by atoms with Crippen molar-refractivity contribution in [3.8, 4) is 0 Å². The van der Waals surface area contributed by atoms with Crippen molar-refractivity contribution in [2.24, 2.45) is 0 Å². The molecule has 0 heterocycles. The van der Waals surface area contributed by atoms with Crippen molar-refractivity contribution in [3.05, 3.63) is 28.8 Å².